The second-order valence-corrected chi connectivity index (χ2v) is 5.86. The van der Waals surface area contributed by atoms with Crippen LogP contribution in [-0.2, 0) is 19.4 Å². The van der Waals surface area contributed by atoms with E-state index in [-0.39, 0.29) is 6.61 Å². The number of benzene rings is 1. The zero-order chi connectivity index (χ0) is 13.5. The van der Waals surface area contributed by atoms with E-state index in [4.69, 9.17) is 5.11 Å². The summed E-state index contributed by atoms with van der Waals surface area (Å²) >= 11 is 1.87. The number of nitrogens with one attached hydrogen (secondary N) is 1. The standard InChI is InChI=1S/C16H21NOS/c1-2-15-8-9-16(19-15)12-17-14-7-3-5-13(11-14)6-4-10-18/h3,5,7-9,11,17-18H,2,4,6,10,12H2,1H3. The van der Waals surface area contributed by atoms with Gasteiger partial charge in [0.2, 0.25) is 0 Å². The Kier molecular flexibility index (Phi) is 5.43. The van der Waals surface area contributed by atoms with Crippen molar-refractivity contribution in [1.29, 1.82) is 0 Å². The van der Waals surface area contributed by atoms with E-state index in [1.165, 1.54) is 15.3 Å². The Bertz CT molecular complexity index is 507. The van der Waals surface area contributed by atoms with Crippen LogP contribution in [0.3, 0.4) is 0 Å². The second-order valence-electron chi connectivity index (χ2n) is 4.60. The molecule has 0 spiro atoms. The molecule has 2 nitrogen and oxygen atoms in total. The second kappa shape index (κ2) is 7.31. The molecule has 19 heavy (non-hydrogen) atoms. The van der Waals surface area contributed by atoms with Crippen LogP contribution in [0.1, 0.15) is 28.7 Å². The summed E-state index contributed by atoms with van der Waals surface area (Å²) < 4.78 is 0. The van der Waals surface area contributed by atoms with Crippen molar-refractivity contribution in [1.82, 2.24) is 0 Å². The Morgan fingerprint density at radius 3 is 2.74 bits per heavy atom. The molecule has 2 N–H and O–H groups in total. The molecular formula is C16H21NOS. The fourth-order valence-electron chi connectivity index (χ4n) is 2.02. The van der Waals surface area contributed by atoms with Crippen LogP contribution in [-0.4, -0.2) is 11.7 Å². The van der Waals surface area contributed by atoms with Crippen LogP contribution in [0.4, 0.5) is 5.69 Å². The highest BCUT2D eigenvalue weighted by Crippen LogP contribution is 2.19. The topological polar surface area (TPSA) is 32.3 Å². The minimum Gasteiger partial charge on any atom is -0.396 e. The molecule has 2 rings (SSSR count). The van der Waals surface area contributed by atoms with Crippen LogP contribution in [0.15, 0.2) is 36.4 Å². The van der Waals surface area contributed by atoms with Crippen molar-refractivity contribution in [3.05, 3.63) is 51.7 Å². The van der Waals surface area contributed by atoms with Crippen molar-refractivity contribution in [3.8, 4) is 0 Å². The quantitative estimate of drug-likeness (QED) is 0.804. The summed E-state index contributed by atoms with van der Waals surface area (Å²) in [4.78, 5) is 2.81. The van der Waals surface area contributed by atoms with E-state index in [1.54, 1.807) is 0 Å². The number of aliphatic hydroxyl groups is 1. The Balaban J connectivity index is 1.91. The first-order chi connectivity index (χ1) is 9.31. The molecule has 0 aliphatic carbocycles. The highest BCUT2D eigenvalue weighted by molar-refractivity contribution is 7.12. The zero-order valence-electron chi connectivity index (χ0n) is 11.4. The summed E-state index contributed by atoms with van der Waals surface area (Å²) in [5, 5.41) is 12.3. The first kappa shape index (κ1) is 14.1. The Labute approximate surface area is 119 Å². The summed E-state index contributed by atoms with van der Waals surface area (Å²) in [5.74, 6) is 0. The van der Waals surface area contributed by atoms with Gasteiger partial charge in [-0.05, 0) is 49.1 Å². The van der Waals surface area contributed by atoms with Gasteiger partial charge in [-0.1, -0.05) is 19.1 Å². The van der Waals surface area contributed by atoms with Crippen molar-refractivity contribution >= 4 is 17.0 Å². The third-order valence-electron chi connectivity index (χ3n) is 3.08. The van der Waals surface area contributed by atoms with Crippen molar-refractivity contribution < 1.29 is 5.11 Å². The Morgan fingerprint density at radius 1 is 1.16 bits per heavy atom. The van der Waals surface area contributed by atoms with Gasteiger partial charge in [0.25, 0.3) is 0 Å². The molecule has 0 atom stereocenters. The number of anilines is 1. The first-order valence-electron chi connectivity index (χ1n) is 6.83. The van der Waals surface area contributed by atoms with Gasteiger partial charge in [0.05, 0.1) is 0 Å². The van der Waals surface area contributed by atoms with Crippen molar-refractivity contribution in [2.24, 2.45) is 0 Å². The van der Waals surface area contributed by atoms with Crippen LogP contribution in [0.2, 0.25) is 0 Å². The predicted octanol–water partition coefficient (Wildman–Crippen LogP) is 3.85. The van der Waals surface area contributed by atoms with Gasteiger partial charge >= 0.3 is 0 Å². The van der Waals surface area contributed by atoms with Crippen LogP contribution in [0, 0.1) is 0 Å². The predicted molar refractivity (Wildman–Crippen MR) is 82.9 cm³/mol. The fourth-order valence-corrected chi connectivity index (χ4v) is 2.91. The van der Waals surface area contributed by atoms with E-state index in [1.807, 2.05) is 11.3 Å². The van der Waals surface area contributed by atoms with Crippen LogP contribution in [0.25, 0.3) is 0 Å². The maximum atomic E-state index is 8.86. The zero-order valence-corrected chi connectivity index (χ0v) is 12.2. The van der Waals surface area contributed by atoms with E-state index in [0.29, 0.717) is 0 Å². The maximum Gasteiger partial charge on any atom is 0.0494 e. The number of thiophene rings is 1. The largest absolute Gasteiger partial charge is 0.396 e. The van der Waals surface area contributed by atoms with E-state index in [0.717, 1.165) is 31.5 Å². The summed E-state index contributed by atoms with van der Waals surface area (Å²) in [5.41, 5.74) is 2.43. The number of hydrogen-bond acceptors (Lipinski definition) is 3. The Morgan fingerprint density at radius 2 is 2.00 bits per heavy atom. The molecule has 1 aromatic carbocycles. The highest BCUT2D eigenvalue weighted by atomic mass is 32.1. The third-order valence-corrected chi connectivity index (χ3v) is 4.31. The molecule has 3 heteroatoms. The smallest absolute Gasteiger partial charge is 0.0494 e. The minimum atomic E-state index is 0.257. The van der Waals surface area contributed by atoms with Gasteiger partial charge < -0.3 is 10.4 Å². The van der Waals surface area contributed by atoms with E-state index >= 15 is 0 Å². The molecule has 0 radical (unpaired) electrons. The number of rotatable bonds is 7. The molecule has 1 heterocycles. The molecule has 0 saturated carbocycles. The van der Waals surface area contributed by atoms with Gasteiger partial charge in [0.1, 0.15) is 0 Å². The molecular weight excluding hydrogens is 254 g/mol. The van der Waals surface area contributed by atoms with E-state index in [9.17, 15) is 0 Å². The van der Waals surface area contributed by atoms with E-state index in [2.05, 4.69) is 48.6 Å². The van der Waals surface area contributed by atoms with Crippen LogP contribution in [0.5, 0.6) is 0 Å². The summed E-state index contributed by atoms with van der Waals surface area (Å²) in [6, 6.07) is 12.9. The molecule has 0 bridgehead atoms. The first-order valence-corrected chi connectivity index (χ1v) is 7.64. The van der Waals surface area contributed by atoms with Crippen molar-refractivity contribution in [2.45, 2.75) is 32.7 Å². The average molecular weight is 275 g/mol. The van der Waals surface area contributed by atoms with Gasteiger partial charge in [-0.15, -0.1) is 11.3 Å². The lowest BCUT2D eigenvalue weighted by Gasteiger charge is -2.07. The van der Waals surface area contributed by atoms with Gasteiger partial charge in [-0.25, -0.2) is 0 Å². The normalized spacial score (nSPS) is 10.6. The average Bonchev–Trinajstić information content (AvgIpc) is 2.91. The lowest BCUT2D eigenvalue weighted by Crippen LogP contribution is -1.98. The molecule has 0 saturated heterocycles. The number of aryl methyl sites for hydroxylation is 2. The van der Waals surface area contributed by atoms with Crippen molar-refractivity contribution in [3.63, 3.8) is 0 Å². The van der Waals surface area contributed by atoms with Crippen LogP contribution >= 0.6 is 11.3 Å². The molecule has 0 unspecified atom stereocenters. The molecule has 102 valence electrons. The van der Waals surface area contributed by atoms with Gasteiger partial charge in [0.15, 0.2) is 0 Å². The molecule has 0 amide bonds. The van der Waals surface area contributed by atoms with Gasteiger partial charge in [-0.2, -0.15) is 0 Å². The molecule has 0 aliphatic rings. The van der Waals surface area contributed by atoms with Crippen LogP contribution < -0.4 is 5.32 Å². The van der Waals surface area contributed by atoms with Crippen molar-refractivity contribution in [2.75, 3.05) is 11.9 Å². The third kappa shape index (κ3) is 4.37. The molecule has 2 aromatic rings. The highest BCUT2D eigenvalue weighted by Gasteiger charge is 2.00. The SMILES string of the molecule is CCc1ccc(CNc2cccc(CCCO)c2)s1. The summed E-state index contributed by atoms with van der Waals surface area (Å²) in [7, 11) is 0. The Hall–Kier alpha value is -1.32. The lowest BCUT2D eigenvalue weighted by atomic mass is 10.1. The fraction of sp³-hybridized carbons (Fsp3) is 0.375. The number of aliphatic hydroxyl groups excluding tert-OH is 1. The van der Waals surface area contributed by atoms with E-state index < -0.39 is 0 Å². The molecule has 0 fully saturated rings. The molecule has 1 aromatic heterocycles. The minimum absolute atomic E-state index is 0.257. The number of hydrogen-bond donors (Lipinski definition) is 2. The summed E-state index contributed by atoms with van der Waals surface area (Å²) in [6.45, 7) is 3.33. The molecule has 0 aliphatic heterocycles. The monoisotopic (exact) mass is 275 g/mol. The van der Waals surface area contributed by atoms with Gasteiger partial charge in [-0.3, -0.25) is 0 Å². The summed E-state index contributed by atoms with van der Waals surface area (Å²) in [6.07, 6.45) is 2.88. The maximum absolute atomic E-state index is 8.86. The lowest BCUT2D eigenvalue weighted by molar-refractivity contribution is 0.288. The van der Waals surface area contributed by atoms with Gasteiger partial charge in [0, 0.05) is 28.6 Å².